The van der Waals surface area contributed by atoms with Gasteiger partial charge < -0.3 is 4.52 Å². The summed E-state index contributed by atoms with van der Waals surface area (Å²) >= 11 is 0. The molecule has 1 aromatic rings. The van der Waals surface area contributed by atoms with Crippen LogP contribution in [0.25, 0.3) is 0 Å². The van der Waals surface area contributed by atoms with Gasteiger partial charge in [-0.25, -0.2) is 0 Å². The Balaban J connectivity index is 1.72. The van der Waals surface area contributed by atoms with Crippen LogP contribution in [-0.4, -0.2) is 10.9 Å². The van der Waals surface area contributed by atoms with Crippen LogP contribution in [0.2, 0.25) is 0 Å². The highest BCUT2D eigenvalue weighted by atomic mass is 16.5. The van der Waals surface area contributed by atoms with Gasteiger partial charge in [0.2, 0.25) is 0 Å². The quantitative estimate of drug-likeness (QED) is 0.487. The highest BCUT2D eigenvalue weighted by Gasteiger charge is 2.32. The van der Waals surface area contributed by atoms with Crippen molar-refractivity contribution < 1.29 is 9.32 Å². The van der Waals surface area contributed by atoms with Crippen LogP contribution in [0, 0.1) is 5.92 Å². The van der Waals surface area contributed by atoms with Gasteiger partial charge in [0.05, 0.1) is 11.8 Å². The standard InChI is InChI=1S/C15H23NO2/c1-2-3-4-5-6-7-8-14-13(11-16-18-14)15(17)12-9-10-12/h11-12H,2-10H2,1H3. The minimum atomic E-state index is 0.247. The molecule has 18 heavy (non-hydrogen) atoms. The van der Waals surface area contributed by atoms with Crippen molar-refractivity contribution in [1.29, 1.82) is 0 Å². The zero-order valence-electron chi connectivity index (χ0n) is 11.3. The molecular formula is C15H23NO2. The predicted octanol–water partition coefficient (Wildman–Crippen LogP) is 4.17. The Morgan fingerprint density at radius 1 is 1.28 bits per heavy atom. The van der Waals surface area contributed by atoms with Crippen molar-refractivity contribution in [2.45, 2.75) is 64.7 Å². The number of unbranched alkanes of at least 4 members (excludes halogenated alkanes) is 5. The van der Waals surface area contributed by atoms with Crippen LogP contribution in [0.4, 0.5) is 0 Å². The Labute approximate surface area is 109 Å². The number of aromatic nitrogens is 1. The molecule has 0 bridgehead atoms. The molecule has 3 nitrogen and oxygen atoms in total. The monoisotopic (exact) mass is 249 g/mol. The number of hydrogen-bond donors (Lipinski definition) is 0. The molecule has 0 aromatic carbocycles. The average molecular weight is 249 g/mol. The second-order valence-electron chi connectivity index (χ2n) is 5.32. The highest BCUT2D eigenvalue weighted by Crippen LogP contribution is 2.33. The first-order valence-electron chi connectivity index (χ1n) is 7.30. The lowest BCUT2D eigenvalue weighted by Gasteiger charge is -2.01. The van der Waals surface area contributed by atoms with Crippen LogP contribution in [-0.2, 0) is 6.42 Å². The van der Waals surface area contributed by atoms with Gasteiger partial charge in [0.25, 0.3) is 0 Å². The summed E-state index contributed by atoms with van der Waals surface area (Å²) in [6.45, 7) is 2.23. The smallest absolute Gasteiger partial charge is 0.171 e. The number of hydrogen-bond acceptors (Lipinski definition) is 3. The Morgan fingerprint density at radius 3 is 2.72 bits per heavy atom. The van der Waals surface area contributed by atoms with Crippen LogP contribution >= 0.6 is 0 Å². The third-order valence-corrected chi connectivity index (χ3v) is 3.62. The van der Waals surface area contributed by atoms with E-state index in [1.807, 2.05) is 0 Å². The third kappa shape index (κ3) is 3.69. The topological polar surface area (TPSA) is 43.1 Å². The van der Waals surface area contributed by atoms with E-state index < -0.39 is 0 Å². The zero-order valence-corrected chi connectivity index (χ0v) is 11.3. The number of ketones is 1. The number of rotatable bonds is 9. The fourth-order valence-corrected chi connectivity index (χ4v) is 2.28. The molecule has 1 fully saturated rings. The molecule has 1 heterocycles. The van der Waals surface area contributed by atoms with E-state index in [1.54, 1.807) is 6.20 Å². The lowest BCUT2D eigenvalue weighted by Crippen LogP contribution is -2.03. The fraction of sp³-hybridized carbons (Fsp3) is 0.733. The van der Waals surface area contributed by atoms with Crippen LogP contribution in [0.1, 0.15) is 74.4 Å². The molecule has 0 N–H and O–H groups in total. The summed E-state index contributed by atoms with van der Waals surface area (Å²) in [6, 6.07) is 0. The van der Waals surface area contributed by atoms with Crippen molar-refractivity contribution in [2.75, 3.05) is 0 Å². The van der Waals surface area contributed by atoms with Crippen molar-refractivity contribution in [3.05, 3.63) is 17.5 Å². The van der Waals surface area contributed by atoms with E-state index in [-0.39, 0.29) is 11.7 Å². The first-order chi connectivity index (χ1) is 8.83. The van der Waals surface area contributed by atoms with Gasteiger partial charge in [0.15, 0.2) is 5.78 Å². The van der Waals surface area contributed by atoms with E-state index in [9.17, 15) is 4.79 Å². The maximum absolute atomic E-state index is 12.0. The maximum atomic E-state index is 12.0. The fourth-order valence-electron chi connectivity index (χ4n) is 2.28. The number of aryl methyl sites for hydroxylation is 1. The molecule has 0 atom stereocenters. The van der Waals surface area contributed by atoms with Crippen molar-refractivity contribution in [2.24, 2.45) is 5.92 Å². The van der Waals surface area contributed by atoms with E-state index in [2.05, 4.69) is 12.1 Å². The average Bonchev–Trinajstić information content (AvgIpc) is 3.12. The minimum Gasteiger partial charge on any atom is -0.361 e. The minimum absolute atomic E-state index is 0.247. The van der Waals surface area contributed by atoms with E-state index in [1.165, 1.54) is 32.1 Å². The Morgan fingerprint density at radius 2 is 2.00 bits per heavy atom. The van der Waals surface area contributed by atoms with E-state index >= 15 is 0 Å². The summed E-state index contributed by atoms with van der Waals surface area (Å²) in [5.41, 5.74) is 0.742. The molecule has 0 amide bonds. The van der Waals surface area contributed by atoms with Crippen molar-refractivity contribution in [3.63, 3.8) is 0 Å². The predicted molar refractivity (Wildman–Crippen MR) is 70.6 cm³/mol. The molecule has 2 rings (SSSR count). The largest absolute Gasteiger partial charge is 0.361 e. The molecule has 1 aliphatic rings. The van der Waals surface area contributed by atoms with Gasteiger partial charge in [-0.05, 0) is 19.3 Å². The van der Waals surface area contributed by atoms with E-state index in [0.29, 0.717) is 0 Å². The van der Waals surface area contributed by atoms with Gasteiger partial charge in [-0.15, -0.1) is 0 Å². The SMILES string of the molecule is CCCCCCCCc1oncc1C(=O)C1CC1. The first-order valence-corrected chi connectivity index (χ1v) is 7.30. The Bertz CT molecular complexity index is 380. The zero-order chi connectivity index (χ0) is 12.8. The molecule has 0 unspecified atom stereocenters. The van der Waals surface area contributed by atoms with Crippen LogP contribution in [0.5, 0.6) is 0 Å². The molecule has 0 spiro atoms. The summed E-state index contributed by atoms with van der Waals surface area (Å²) in [4.78, 5) is 12.0. The summed E-state index contributed by atoms with van der Waals surface area (Å²) in [5, 5.41) is 3.79. The van der Waals surface area contributed by atoms with E-state index in [4.69, 9.17) is 4.52 Å². The van der Waals surface area contributed by atoms with Gasteiger partial charge in [-0.3, -0.25) is 4.79 Å². The Kier molecular flexibility index (Phi) is 4.97. The third-order valence-electron chi connectivity index (χ3n) is 3.62. The lowest BCUT2D eigenvalue weighted by molar-refractivity contribution is 0.0965. The second kappa shape index (κ2) is 6.72. The molecule has 1 saturated carbocycles. The molecule has 100 valence electrons. The number of carbonyl (C=O) groups excluding carboxylic acids is 1. The molecule has 3 heteroatoms. The molecular weight excluding hydrogens is 226 g/mol. The van der Waals surface area contributed by atoms with Gasteiger partial charge in [0.1, 0.15) is 5.76 Å². The summed E-state index contributed by atoms with van der Waals surface area (Å²) < 4.78 is 5.22. The normalized spacial score (nSPS) is 14.9. The lowest BCUT2D eigenvalue weighted by atomic mass is 10.0. The van der Waals surface area contributed by atoms with Gasteiger partial charge in [0, 0.05) is 12.3 Å². The number of nitrogens with zero attached hydrogens (tertiary/aromatic N) is 1. The van der Waals surface area contributed by atoms with Gasteiger partial charge in [-0.2, -0.15) is 0 Å². The summed E-state index contributed by atoms with van der Waals surface area (Å²) in [5.74, 6) is 1.31. The van der Waals surface area contributed by atoms with Crippen molar-refractivity contribution in [3.8, 4) is 0 Å². The van der Waals surface area contributed by atoms with Gasteiger partial charge in [-0.1, -0.05) is 44.2 Å². The number of carbonyl (C=O) groups is 1. The summed E-state index contributed by atoms with van der Waals surface area (Å²) in [6.07, 6.45) is 12.1. The second-order valence-corrected chi connectivity index (χ2v) is 5.32. The Hall–Kier alpha value is -1.12. The molecule has 0 saturated heterocycles. The number of Topliss-reactive ketones (excluding diaryl/α,β-unsaturated/α-hetero) is 1. The summed E-state index contributed by atoms with van der Waals surface area (Å²) in [7, 11) is 0. The highest BCUT2D eigenvalue weighted by molar-refractivity contribution is 5.99. The molecule has 1 aromatic heterocycles. The van der Waals surface area contributed by atoms with E-state index in [0.717, 1.165) is 37.0 Å². The van der Waals surface area contributed by atoms with Crippen molar-refractivity contribution in [1.82, 2.24) is 5.16 Å². The van der Waals surface area contributed by atoms with Crippen LogP contribution in [0.15, 0.2) is 10.7 Å². The first kappa shape index (κ1) is 13.3. The van der Waals surface area contributed by atoms with Crippen LogP contribution < -0.4 is 0 Å². The van der Waals surface area contributed by atoms with Crippen LogP contribution in [0.3, 0.4) is 0 Å². The van der Waals surface area contributed by atoms with Crippen molar-refractivity contribution >= 4 is 5.78 Å². The van der Waals surface area contributed by atoms with Gasteiger partial charge >= 0.3 is 0 Å². The maximum Gasteiger partial charge on any atom is 0.171 e. The molecule has 0 aliphatic heterocycles. The molecule has 1 aliphatic carbocycles. The molecule has 0 radical (unpaired) electrons.